The van der Waals surface area contributed by atoms with Gasteiger partial charge in [-0.25, -0.2) is 14.2 Å². The van der Waals surface area contributed by atoms with E-state index in [1.165, 1.54) is 53.1 Å². The molecular weight excluding hydrogens is 349 g/mol. The molecule has 2 aromatic heterocycles. The van der Waals surface area contributed by atoms with Gasteiger partial charge in [0, 0.05) is 11.8 Å². The summed E-state index contributed by atoms with van der Waals surface area (Å²) in [5.41, 5.74) is 0.308. The highest BCUT2D eigenvalue weighted by Gasteiger charge is 2.18. The van der Waals surface area contributed by atoms with Crippen molar-refractivity contribution in [3.05, 3.63) is 57.2 Å². The SMILES string of the molecule is Cc1cc(=O)n2nc(COC(=O)[C@@H](C)Oc3ccc(F)cc3)sc2n1. The number of halogens is 1. The second kappa shape index (κ2) is 6.98. The zero-order valence-electron chi connectivity index (χ0n) is 13.4. The molecule has 0 unspecified atom stereocenters. The van der Waals surface area contributed by atoms with E-state index in [0.29, 0.717) is 21.4 Å². The van der Waals surface area contributed by atoms with E-state index in [-0.39, 0.29) is 12.2 Å². The molecule has 0 aliphatic carbocycles. The smallest absolute Gasteiger partial charge is 0.347 e. The monoisotopic (exact) mass is 363 g/mol. The molecule has 0 fully saturated rings. The third-order valence-electron chi connectivity index (χ3n) is 3.21. The highest BCUT2D eigenvalue weighted by molar-refractivity contribution is 7.16. The van der Waals surface area contributed by atoms with Gasteiger partial charge < -0.3 is 9.47 Å². The number of fused-ring (bicyclic) bond motifs is 1. The lowest BCUT2D eigenvalue weighted by Gasteiger charge is -2.13. The van der Waals surface area contributed by atoms with Gasteiger partial charge in [0.25, 0.3) is 5.56 Å². The Morgan fingerprint density at radius 2 is 2.08 bits per heavy atom. The van der Waals surface area contributed by atoms with Gasteiger partial charge in [-0.15, -0.1) is 0 Å². The van der Waals surface area contributed by atoms with Gasteiger partial charge in [-0.1, -0.05) is 11.3 Å². The van der Waals surface area contributed by atoms with Crippen molar-refractivity contribution in [3.8, 4) is 5.75 Å². The van der Waals surface area contributed by atoms with Crippen LogP contribution in [0.5, 0.6) is 5.75 Å². The van der Waals surface area contributed by atoms with E-state index >= 15 is 0 Å². The zero-order valence-corrected chi connectivity index (χ0v) is 14.2. The molecule has 130 valence electrons. The number of rotatable bonds is 5. The van der Waals surface area contributed by atoms with Crippen molar-refractivity contribution in [2.24, 2.45) is 0 Å². The lowest BCUT2D eigenvalue weighted by molar-refractivity contribution is -0.152. The number of esters is 1. The maximum Gasteiger partial charge on any atom is 0.347 e. The van der Waals surface area contributed by atoms with Crippen LogP contribution in [0.2, 0.25) is 0 Å². The average Bonchev–Trinajstić information content (AvgIpc) is 2.98. The van der Waals surface area contributed by atoms with Crippen molar-refractivity contribution >= 4 is 22.3 Å². The van der Waals surface area contributed by atoms with E-state index in [0.717, 1.165) is 0 Å². The molecule has 0 radical (unpaired) electrons. The summed E-state index contributed by atoms with van der Waals surface area (Å²) in [6.45, 7) is 3.15. The Morgan fingerprint density at radius 1 is 1.36 bits per heavy atom. The summed E-state index contributed by atoms with van der Waals surface area (Å²) in [5.74, 6) is -0.630. The molecule has 9 heteroatoms. The van der Waals surface area contributed by atoms with Crippen LogP contribution in [0.3, 0.4) is 0 Å². The predicted molar refractivity (Wildman–Crippen MR) is 88.2 cm³/mol. The Bertz CT molecular complexity index is 968. The van der Waals surface area contributed by atoms with Crippen LogP contribution in [0.15, 0.2) is 35.1 Å². The number of aromatic nitrogens is 3. The fourth-order valence-electron chi connectivity index (χ4n) is 2.03. The van der Waals surface area contributed by atoms with Crippen LogP contribution in [0.1, 0.15) is 17.6 Å². The van der Waals surface area contributed by atoms with Gasteiger partial charge in [0.15, 0.2) is 11.1 Å². The molecule has 1 atom stereocenters. The number of hydrogen-bond acceptors (Lipinski definition) is 7. The molecular formula is C16H14FN3O4S. The predicted octanol–water partition coefficient (Wildman–Crippen LogP) is 2.11. The van der Waals surface area contributed by atoms with E-state index < -0.39 is 17.9 Å². The topological polar surface area (TPSA) is 82.8 Å². The second-order valence-electron chi connectivity index (χ2n) is 5.25. The standard InChI is InChI=1S/C16H14FN3O4S/c1-9-7-14(21)20-16(18-9)25-13(19-20)8-23-15(22)10(2)24-12-5-3-11(17)4-6-12/h3-7,10H,8H2,1-2H3/t10-/m1/s1. The summed E-state index contributed by atoms with van der Waals surface area (Å²) >= 11 is 1.17. The Kier molecular flexibility index (Phi) is 4.75. The maximum atomic E-state index is 12.9. The van der Waals surface area contributed by atoms with Crippen LogP contribution in [0.4, 0.5) is 4.39 Å². The lowest BCUT2D eigenvalue weighted by Crippen LogP contribution is -2.26. The maximum absolute atomic E-state index is 12.9. The fraction of sp³-hybridized carbons (Fsp3) is 0.250. The van der Waals surface area contributed by atoms with Crippen molar-refractivity contribution < 1.29 is 18.7 Å². The van der Waals surface area contributed by atoms with Crippen molar-refractivity contribution in [1.29, 1.82) is 0 Å². The Labute approximate surface area is 145 Å². The normalized spacial score (nSPS) is 12.1. The summed E-state index contributed by atoms with van der Waals surface area (Å²) < 4.78 is 24.6. The molecule has 3 aromatic rings. The molecule has 0 spiro atoms. The van der Waals surface area contributed by atoms with Gasteiger partial charge in [-0.2, -0.15) is 9.61 Å². The largest absolute Gasteiger partial charge is 0.479 e. The van der Waals surface area contributed by atoms with Crippen molar-refractivity contribution in [2.45, 2.75) is 26.6 Å². The van der Waals surface area contributed by atoms with Crippen LogP contribution in [-0.4, -0.2) is 26.7 Å². The Hall–Kier alpha value is -2.81. The van der Waals surface area contributed by atoms with Gasteiger partial charge in [-0.05, 0) is 38.1 Å². The first-order valence-corrected chi connectivity index (χ1v) is 8.19. The number of hydrogen-bond donors (Lipinski definition) is 0. The number of nitrogens with zero attached hydrogens (tertiary/aromatic N) is 3. The third kappa shape index (κ3) is 4.00. The molecule has 0 N–H and O–H groups in total. The van der Waals surface area contributed by atoms with E-state index in [1.54, 1.807) is 6.92 Å². The van der Waals surface area contributed by atoms with Crippen LogP contribution in [0, 0.1) is 12.7 Å². The molecule has 2 heterocycles. The van der Waals surface area contributed by atoms with E-state index in [9.17, 15) is 14.0 Å². The van der Waals surface area contributed by atoms with Crippen molar-refractivity contribution in [2.75, 3.05) is 0 Å². The van der Waals surface area contributed by atoms with E-state index in [2.05, 4.69) is 10.1 Å². The quantitative estimate of drug-likeness (QED) is 0.646. The lowest BCUT2D eigenvalue weighted by atomic mass is 10.3. The molecule has 0 saturated heterocycles. The molecule has 1 aromatic carbocycles. The van der Waals surface area contributed by atoms with Gasteiger partial charge >= 0.3 is 5.97 Å². The van der Waals surface area contributed by atoms with Crippen LogP contribution >= 0.6 is 11.3 Å². The van der Waals surface area contributed by atoms with Gasteiger partial charge in [-0.3, -0.25) is 4.79 Å². The minimum atomic E-state index is -0.872. The van der Waals surface area contributed by atoms with E-state index in [1.807, 2.05) is 0 Å². The first-order valence-electron chi connectivity index (χ1n) is 7.37. The summed E-state index contributed by atoms with van der Waals surface area (Å²) in [7, 11) is 0. The minimum Gasteiger partial charge on any atom is -0.479 e. The molecule has 7 nitrogen and oxygen atoms in total. The van der Waals surface area contributed by atoms with Crippen LogP contribution < -0.4 is 10.3 Å². The molecule has 0 saturated carbocycles. The summed E-state index contributed by atoms with van der Waals surface area (Å²) in [6.07, 6.45) is -0.872. The highest BCUT2D eigenvalue weighted by Crippen LogP contribution is 2.15. The van der Waals surface area contributed by atoms with Crippen LogP contribution in [-0.2, 0) is 16.1 Å². The number of benzene rings is 1. The summed E-state index contributed by atoms with van der Waals surface area (Å²) in [6, 6.07) is 6.70. The first kappa shape index (κ1) is 17.0. The summed E-state index contributed by atoms with van der Waals surface area (Å²) in [4.78, 5) is 28.4. The molecule has 0 aliphatic heterocycles. The second-order valence-corrected chi connectivity index (χ2v) is 6.29. The molecule has 25 heavy (non-hydrogen) atoms. The zero-order chi connectivity index (χ0) is 18.0. The Balaban J connectivity index is 1.62. The van der Waals surface area contributed by atoms with E-state index in [4.69, 9.17) is 9.47 Å². The molecule has 3 rings (SSSR count). The third-order valence-corrected chi connectivity index (χ3v) is 4.09. The van der Waals surface area contributed by atoms with Gasteiger partial charge in [0.1, 0.15) is 18.2 Å². The molecule has 0 bridgehead atoms. The van der Waals surface area contributed by atoms with Crippen LogP contribution in [0.25, 0.3) is 4.96 Å². The fourth-order valence-corrected chi connectivity index (χ4v) is 2.89. The number of aryl methyl sites for hydroxylation is 1. The molecule has 0 amide bonds. The highest BCUT2D eigenvalue weighted by atomic mass is 32.1. The minimum absolute atomic E-state index is 0.0948. The number of carbonyl (C=O) groups is 1. The summed E-state index contributed by atoms with van der Waals surface area (Å²) in [5, 5.41) is 4.52. The number of ether oxygens (including phenoxy) is 2. The average molecular weight is 363 g/mol. The first-order chi connectivity index (χ1) is 11.9. The van der Waals surface area contributed by atoms with Crippen molar-refractivity contribution in [3.63, 3.8) is 0 Å². The van der Waals surface area contributed by atoms with Gasteiger partial charge in [0.05, 0.1) is 0 Å². The Morgan fingerprint density at radius 3 is 2.80 bits per heavy atom. The molecule has 0 aliphatic rings. The van der Waals surface area contributed by atoms with Crippen molar-refractivity contribution in [1.82, 2.24) is 14.6 Å². The number of carbonyl (C=O) groups excluding carboxylic acids is 1. The van der Waals surface area contributed by atoms with Gasteiger partial charge in [0.2, 0.25) is 4.96 Å².